The highest BCUT2D eigenvalue weighted by Gasteiger charge is 2.24. The molecular weight excluding hydrogens is 364 g/mol. The molecule has 7 N–H and O–H groups in total. The number of carboxylic acid groups (broad SMARTS) is 1. The van der Waals surface area contributed by atoms with Crippen LogP contribution < -0.4 is 21.1 Å². The lowest BCUT2D eigenvalue weighted by Gasteiger charge is -2.22. The van der Waals surface area contributed by atoms with Crippen LogP contribution in [0.3, 0.4) is 0 Å². The van der Waals surface area contributed by atoms with E-state index in [2.05, 4.69) is 10.6 Å². The van der Waals surface area contributed by atoms with Crippen LogP contribution >= 0.6 is 0 Å². The van der Waals surface area contributed by atoms with Gasteiger partial charge in [-0.2, -0.15) is 10.5 Å². The fourth-order valence-corrected chi connectivity index (χ4v) is 2.07. The van der Waals surface area contributed by atoms with Gasteiger partial charge in [-0.3, -0.25) is 0 Å². The molecule has 1 aromatic rings. The second-order valence-electron chi connectivity index (χ2n) is 6.62. The van der Waals surface area contributed by atoms with Crippen LogP contribution in [-0.2, 0) is 9.53 Å². The average molecular weight is 388 g/mol. The first-order valence-corrected chi connectivity index (χ1v) is 7.97. The van der Waals surface area contributed by atoms with Crippen LogP contribution in [-0.4, -0.2) is 45.8 Å². The summed E-state index contributed by atoms with van der Waals surface area (Å²) in [6.45, 7) is 4.92. The Hall–Kier alpha value is -2.48. The van der Waals surface area contributed by atoms with Crippen molar-refractivity contribution < 1.29 is 40.3 Å². The summed E-state index contributed by atoms with van der Waals surface area (Å²) in [6.07, 6.45) is -0.944. The largest absolute Gasteiger partial charge is 0.595 e. The smallest absolute Gasteiger partial charge is 0.408 e. The second-order valence-corrected chi connectivity index (χ2v) is 6.62. The Morgan fingerprint density at radius 2 is 1.85 bits per heavy atom. The molecular formula is C15H24N4O8. The maximum absolute atomic E-state index is 11.7. The minimum Gasteiger partial charge on any atom is -0.595 e. The number of hydrogen-bond donors (Lipinski definition) is 7. The number of nitrogens with one attached hydrogen (secondary N) is 4. The summed E-state index contributed by atoms with van der Waals surface area (Å²) in [7, 11) is 0. The number of rotatable bonds is 8. The van der Waals surface area contributed by atoms with Crippen molar-refractivity contribution in [2.24, 2.45) is 0 Å². The number of carboxylic acids is 1. The van der Waals surface area contributed by atoms with Crippen molar-refractivity contribution in [1.82, 2.24) is 5.32 Å². The van der Waals surface area contributed by atoms with Gasteiger partial charge in [-0.05, 0) is 33.3 Å². The van der Waals surface area contributed by atoms with E-state index < -0.39 is 34.2 Å². The number of ether oxygens (including phenoxy) is 1. The molecule has 0 fully saturated rings. The number of aliphatic carboxylic acids is 1. The van der Waals surface area contributed by atoms with Crippen molar-refractivity contribution in [2.45, 2.75) is 38.8 Å². The van der Waals surface area contributed by atoms with E-state index in [9.17, 15) is 30.3 Å². The summed E-state index contributed by atoms with van der Waals surface area (Å²) >= 11 is 0. The zero-order chi connectivity index (χ0) is 20.8. The van der Waals surface area contributed by atoms with Gasteiger partial charge in [-0.25, -0.2) is 20.0 Å². The molecule has 0 aliphatic heterocycles. The summed E-state index contributed by atoms with van der Waals surface area (Å²) in [5.74, 6) is -1.28. The van der Waals surface area contributed by atoms with Gasteiger partial charge in [0, 0.05) is 12.6 Å². The summed E-state index contributed by atoms with van der Waals surface area (Å²) in [6, 6.07) is 2.26. The quantitative estimate of drug-likeness (QED) is 0.282. The third-order valence-corrected chi connectivity index (χ3v) is 3.23. The van der Waals surface area contributed by atoms with Gasteiger partial charge in [-0.1, -0.05) is 0 Å². The third-order valence-electron chi connectivity index (χ3n) is 3.23. The summed E-state index contributed by atoms with van der Waals surface area (Å²) in [5.41, 5.74) is -1.10. The Kier molecular flexibility index (Phi) is 7.90. The van der Waals surface area contributed by atoms with Crippen LogP contribution in [0.5, 0.6) is 0 Å². The SMILES string of the molecule is CC(C)(C)OC(=O)N[C@@H](CCNc1ccc([NH+]([O-])O)cc1[NH+]([O-])O)C(=O)O. The summed E-state index contributed by atoms with van der Waals surface area (Å²) in [4.78, 5) is 23.0. The van der Waals surface area contributed by atoms with Gasteiger partial charge >= 0.3 is 12.1 Å². The number of hydrogen-bond acceptors (Lipinski definition) is 8. The summed E-state index contributed by atoms with van der Waals surface area (Å²) < 4.78 is 5.00. The van der Waals surface area contributed by atoms with Crippen LogP contribution in [0.25, 0.3) is 0 Å². The molecule has 3 atom stereocenters. The lowest BCUT2D eigenvalue weighted by atomic mass is 10.2. The van der Waals surface area contributed by atoms with Gasteiger partial charge in [0.2, 0.25) is 0 Å². The van der Waals surface area contributed by atoms with E-state index in [1.807, 2.05) is 0 Å². The molecule has 27 heavy (non-hydrogen) atoms. The van der Waals surface area contributed by atoms with E-state index in [-0.39, 0.29) is 30.0 Å². The lowest BCUT2D eigenvalue weighted by Crippen LogP contribution is -3.00. The Labute approximate surface area is 155 Å². The van der Waals surface area contributed by atoms with Gasteiger partial charge in [0.05, 0.1) is 11.8 Å². The van der Waals surface area contributed by atoms with Gasteiger partial charge in [0.15, 0.2) is 11.4 Å². The molecule has 0 aliphatic rings. The van der Waals surface area contributed by atoms with Crippen molar-refractivity contribution in [1.29, 1.82) is 0 Å². The van der Waals surface area contributed by atoms with Gasteiger partial charge < -0.3 is 30.9 Å². The zero-order valence-electron chi connectivity index (χ0n) is 15.1. The first-order chi connectivity index (χ1) is 12.4. The molecule has 0 saturated heterocycles. The minimum absolute atomic E-state index is 0.0134. The minimum atomic E-state index is -1.33. The van der Waals surface area contributed by atoms with Crippen LogP contribution in [0, 0.1) is 10.4 Å². The van der Waals surface area contributed by atoms with E-state index in [4.69, 9.17) is 9.94 Å². The fraction of sp³-hybridized carbons (Fsp3) is 0.467. The van der Waals surface area contributed by atoms with Crippen LogP contribution in [0.15, 0.2) is 18.2 Å². The first-order valence-electron chi connectivity index (χ1n) is 7.97. The third kappa shape index (κ3) is 7.74. The number of anilines is 1. The van der Waals surface area contributed by atoms with E-state index >= 15 is 0 Å². The molecule has 0 heterocycles. The van der Waals surface area contributed by atoms with Gasteiger partial charge in [0.1, 0.15) is 11.6 Å². The van der Waals surface area contributed by atoms with Crippen LogP contribution in [0.2, 0.25) is 0 Å². The maximum Gasteiger partial charge on any atom is 0.408 e. The standard InChI is InChI=1S/C15H24N4O8/c1-15(2,3)27-14(22)17-11(13(20)21)6-7-16-10-5-4-9(18(23)24)8-12(10)19(25)26/h4-5,8,11,16,18-19,23,25H,6-7H2,1-3H3,(H,17,22)(H,20,21)/t11-/m0/s1. The highest BCUT2D eigenvalue weighted by atomic mass is 16.8. The second kappa shape index (κ2) is 9.45. The number of carbonyl (C=O) groups excluding carboxylic acids is 1. The molecule has 2 unspecified atom stereocenters. The molecule has 0 saturated carbocycles. The van der Waals surface area contributed by atoms with Crippen LogP contribution in [0.1, 0.15) is 27.2 Å². The molecule has 1 aromatic carbocycles. The molecule has 1 rings (SSSR count). The highest BCUT2D eigenvalue weighted by molar-refractivity contribution is 5.80. The Bertz CT molecular complexity index is 660. The number of amides is 1. The van der Waals surface area contributed by atoms with Crippen molar-refractivity contribution in [3.8, 4) is 0 Å². The van der Waals surface area contributed by atoms with E-state index in [1.54, 1.807) is 20.8 Å². The number of alkyl carbamates (subject to hydrolysis) is 1. The van der Waals surface area contributed by atoms with Crippen molar-refractivity contribution in [3.63, 3.8) is 0 Å². The van der Waals surface area contributed by atoms with E-state index in [0.717, 1.165) is 6.07 Å². The predicted octanol–water partition coefficient (Wildman–Crippen LogP) is -0.727. The van der Waals surface area contributed by atoms with Crippen LogP contribution in [0.4, 0.5) is 21.9 Å². The Morgan fingerprint density at radius 1 is 1.22 bits per heavy atom. The summed E-state index contributed by atoms with van der Waals surface area (Å²) in [5, 5.41) is 51.9. The zero-order valence-corrected chi connectivity index (χ0v) is 15.1. The molecule has 0 aromatic heterocycles. The normalized spacial score (nSPS) is 14.8. The Morgan fingerprint density at radius 3 is 2.33 bits per heavy atom. The van der Waals surface area contributed by atoms with Gasteiger partial charge in [0.25, 0.3) is 0 Å². The molecule has 0 aliphatic carbocycles. The maximum atomic E-state index is 11.7. The average Bonchev–Trinajstić information content (AvgIpc) is 2.51. The number of carbonyl (C=O) groups is 2. The van der Waals surface area contributed by atoms with E-state index in [1.165, 1.54) is 12.1 Å². The predicted molar refractivity (Wildman–Crippen MR) is 91.9 cm³/mol. The molecule has 0 spiro atoms. The topological polar surface area (TPSA) is 183 Å². The number of quaternary nitrogens is 2. The lowest BCUT2D eigenvalue weighted by molar-refractivity contribution is -0.996. The molecule has 1 amide bonds. The van der Waals surface area contributed by atoms with Crippen molar-refractivity contribution in [2.75, 3.05) is 11.9 Å². The van der Waals surface area contributed by atoms with Crippen molar-refractivity contribution in [3.05, 3.63) is 28.6 Å². The molecule has 0 radical (unpaired) electrons. The molecule has 12 nitrogen and oxygen atoms in total. The molecule has 12 heteroatoms. The highest BCUT2D eigenvalue weighted by Crippen LogP contribution is 2.20. The first kappa shape index (κ1) is 22.6. The van der Waals surface area contributed by atoms with E-state index in [0.29, 0.717) is 0 Å². The molecule has 0 bridgehead atoms. The van der Waals surface area contributed by atoms with Crippen molar-refractivity contribution >= 4 is 29.1 Å². The Balaban J connectivity index is 2.73. The van der Waals surface area contributed by atoms with Gasteiger partial charge in [-0.15, -0.1) is 0 Å². The monoisotopic (exact) mass is 388 g/mol. The fourth-order valence-electron chi connectivity index (χ4n) is 2.07. The molecule has 152 valence electrons. The number of benzene rings is 1.